The van der Waals surface area contributed by atoms with Crippen LogP contribution in [0.5, 0.6) is 0 Å². The number of carbonyl (C=O) groups is 15. The van der Waals surface area contributed by atoms with Crippen molar-refractivity contribution in [2.45, 2.75) is 263 Å². The molecule has 4 aliphatic carbocycles. The third-order valence-electron chi connectivity index (χ3n) is 21.7. The molecule has 0 radical (unpaired) electrons. The van der Waals surface area contributed by atoms with Crippen molar-refractivity contribution in [1.82, 2.24) is 0 Å². The molecule has 6 atom stereocenters. The van der Waals surface area contributed by atoms with Gasteiger partial charge in [-0.05, 0) is 163 Å². The van der Waals surface area contributed by atoms with Gasteiger partial charge in [-0.2, -0.15) is 0 Å². The van der Waals surface area contributed by atoms with E-state index >= 15 is 0 Å². The van der Waals surface area contributed by atoms with Gasteiger partial charge in [-0.15, -0.1) is 0 Å². The summed E-state index contributed by atoms with van der Waals surface area (Å²) in [7, 11) is 0. The number of rotatable bonds is 43. The number of hydrogen-bond donors (Lipinski definition) is 0. The number of ether oxygens (including phenoxy) is 16. The van der Waals surface area contributed by atoms with Gasteiger partial charge in [-0.3, -0.25) is 4.79 Å². The van der Waals surface area contributed by atoms with Gasteiger partial charge in [0, 0.05) is 110 Å². The standard InChI is InChI=1S/C18H28O6.C17H20O8.C16H26O5.C14H22O2.C13H20O2.2C8H14O2.2C7H12O2/c1-12(2)14(19)22-9-17(5,6)10-24-16(21)18(7,8)11-23-15(20)13(3)4;1-5-13(18)22-9-17(10-23-14(19)6-2,11-24-15(20)7-3)12-25-16(21)8-4;1-7-13(17)20-11-15(3,4)9-19-10-16(5,6)12-21-14(18)8-2;1-9(2)12(15)16-11-8-10-6-7-14(11,5)13(10,3)4;1-5-11(14)15-10-8-9-6-7-13(10,4)12(9,2)3;1-6(2)7(9)10-8(3,4)5;1-6(2)5-10-8(9)7(3)4;1-5-6(8)9-7(2,3)4;1-4-7(8)9-5-6(2)3/h1,3,9-11H2,2,4-8H3;5-8H,1-4,9-12H2;7-8H,1-2,9-12H2,3-6H3;10-11H,1,6-8H2,2-5H3;5,9-10H,1,6-8H2,2-4H3;1H2,2-5H3;6H,3,5H2,1-2,4H3;5H,1H2,2-4H3;4,6H,1,5H2,2-3H3. The van der Waals surface area contributed by atoms with Gasteiger partial charge in [-0.1, -0.05) is 203 Å². The van der Waals surface area contributed by atoms with Crippen LogP contribution in [-0.4, -0.2) is 199 Å². The zero-order valence-corrected chi connectivity index (χ0v) is 89.2. The molecule has 4 aliphatic rings. The van der Waals surface area contributed by atoms with Crippen molar-refractivity contribution in [3.63, 3.8) is 0 Å². The third kappa shape index (κ3) is 57.5. The summed E-state index contributed by atoms with van der Waals surface area (Å²) < 4.78 is 81.3. The van der Waals surface area contributed by atoms with Crippen LogP contribution in [0.25, 0.3) is 0 Å². The van der Waals surface area contributed by atoms with Gasteiger partial charge in [-0.25, -0.2) is 67.1 Å². The first-order chi connectivity index (χ1) is 63.4. The quantitative estimate of drug-likeness (QED) is 0.0311. The molecule has 0 aromatic carbocycles. The second kappa shape index (κ2) is 63.9. The smallest absolute Gasteiger partial charge is 0.333 e. The van der Waals surface area contributed by atoms with Crippen molar-refractivity contribution in [2.75, 3.05) is 85.9 Å². The fourth-order valence-electron chi connectivity index (χ4n) is 12.4. The van der Waals surface area contributed by atoms with Gasteiger partial charge >= 0.3 is 89.5 Å². The first-order valence-corrected chi connectivity index (χ1v) is 45.6. The summed E-state index contributed by atoms with van der Waals surface area (Å²) in [5, 5.41) is 0. The topological polar surface area (TPSA) is 404 Å². The number of carbonyl (C=O) groups excluding carboxylic acids is 15. The minimum Gasteiger partial charge on any atom is -0.464 e. The Morgan fingerprint density at radius 3 is 0.820 bits per heavy atom. The number of esters is 15. The van der Waals surface area contributed by atoms with E-state index in [0.717, 1.165) is 55.4 Å². The minimum atomic E-state index is -1.34. The highest BCUT2D eigenvalue weighted by molar-refractivity contribution is 5.90. The van der Waals surface area contributed by atoms with Crippen LogP contribution in [0.15, 0.2) is 175 Å². The molecule has 0 aliphatic heterocycles. The van der Waals surface area contributed by atoms with Crippen LogP contribution < -0.4 is 0 Å². The fourth-order valence-corrected chi connectivity index (χ4v) is 12.4. The molecule has 4 saturated carbocycles. The van der Waals surface area contributed by atoms with E-state index in [1.165, 1.54) is 44.8 Å². The van der Waals surface area contributed by atoms with Gasteiger partial charge < -0.3 is 75.8 Å². The molecule has 31 nitrogen and oxygen atoms in total. The Morgan fingerprint density at radius 2 is 0.561 bits per heavy atom. The first kappa shape index (κ1) is 136. The molecule has 0 N–H and O–H groups in total. The van der Waals surface area contributed by atoms with Gasteiger partial charge in [0.15, 0.2) is 0 Å². The lowest BCUT2D eigenvalue weighted by Crippen LogP contribution is -2.43. The molecule has 4 bridgehead atoms. The highest BCUT2D eigenvalue weighted by Gasteiger charge is 2.64. The maximum atomic E-state index is 12.2. The zero-order chi connectivity index (χ0) is 110. The van der Waals surface area contributed by atoms with E-state index in [0.29, 0.717) is 83.2 Å². The summed E-state index contributed by atoms with van der Waals surface area (Å²) in [6.07, 6.45) is 16.7. The number of fused-ring (bicyclic) bond motifs is 4. The predicted octanol–water partition coefficient (Wildman–Crippen LogP) is 19.0. The average molecular weight is 1960 g/mol. The van der Waals surface area contributed by atoms with Crippen molar-refractivity contribution in [3.8, 4) is 0 Å². The van der Waals surface area contributed by atoms with Crippen molar-refractivity contribution in [3.05, 3.63) is 175 Å². The zero-order valence-electron chi connectivity index (χ0n) is 89.2. The van der Waals surface area contributed by atoms with Crippen LogP contribution >= 0.6 is 0 Å². The van der Waals surface area contributed by atoms with Crippen LogP contribution in [-0.2, 0) is 148 Å². The van der Waals surface area contributed by atoms with Gasteiger partial charge in [0.1, 0.15) is 61.9 Å². The average Bonchev–Trinajstić information content (AvgIpc) is 1.56. The molecule has 0 amide bonds. The van der Waals surface area contributed by atoms with E-state index in [1.54, 1.807) is 55.4 Å². The lowest BCUT2D eigenvalue weighted by Gasteiger charge is -2.38. The Hall–Kier alpha value is -11.6. The van der Waals surface area contributed by atoms with Crippen LogP contribution in [0.2, 0.25) is 0 Å². The molecule has 0 saturated heterocycles. The second-order valence-electron chi connectivity index (χ2n) is 41.6. The Kier molecular flexibility index (Phi) is 62.4. The van der Waals surface area contributed by atoms with Crippen molar-refractivity contribution in [2.24, 2.45) is 72.4 Å². The fraction of sp³-hybridized carbons (Fsp3) is 0.602. The molecule has 4 rings (SSSR count). The highest BCUT2D eigenvalue weighted by atomic mass is 16.6. The maximum absolute atomic E-state index is 12.2. The summed E-state index contributed by atoms with van der Waals surface area (Å²) in [5.74, 6) is -5.10. The molecule has 0 aromatic heterocycles. The third-order valence-corrected chi connectivity index (χ3v) is 21.7. The van der Waals surface area contributed by atoms with Crippen LogP contribution in [0.3, 0.4) is 0 Å². The van der Waals surface area contributed by atoms with Crippen LogP contribution in [0.1, 0.15) is 239 Å². The highest BCUT2D eigenvalue weighted by Crippen LogP contribution is 2.67. The van der Waals surface area contributed by atoms with Gasteiger partial charge in [0.25, 0.3) is 0 Å². The summed E-state index contributed by atoms with van der Waals surface area (Å²) in [4.78, 5) is 168. The van der Waals surface area contributed by atoms with E-state index < -0.39 is 81.2 Å². The Balaban J connectivity index is -0.000000496. The molecule has 31 heteroatoms. The molecule has 0 heterocycles. The van der Waals surface area contributed by atoms with Crippen LogP contribution in [0.4, 0.5) is 0 Å². The number of hydrogen-bond acceptors (Lipinski definition) is 31. The van der Waals surface area contributed by atoms with Crippen molar-refractivity contribution < 1.29 is 148 Å². The summed E-state index contributed by atoms with van der Waals surface area (Å²) >= 11 is 0. The molecule has 786 valence electrons. The van der Waals surface area contributed by atoms with E-state index in [9.17, 15) is 71.9 Å². The van der Waals surface area contributed by atoms with Crippen molar-refractivity contribution >= 4 is 89.5 Å². The SMILES string of the molecule is C=C(C)C(=O)OC(C)(C)C.C=C(C)C(=O)OC1CC2CCC1(C)C2(C)C.C=C(C)C(=O)OCC(C)(C)COC(=O)C(C)(C)COC(=O)C(=C)C.C=C(C)C(=O)OCC(C)C.C=CC(=O)OC(C)(C)C.C=CC(=O)OC1CC2CCC1(C)C2(C)C.C=CC(=O)OCC(C)(C)COCC(C)(C)COC(=O)C=C.C=CC(=O)OCC(C)C.C=CC(=O)OCC(COC(=O)C=C)(COC(=O)C=C)COC(=O)C=C. The summed E-state index contributed by atoms with van der Waals surface area (Å²) in [6.45, 7) is 103. The van der Waals surface area contributed by atoms with E-state index in [1.807, 2.05) is 96.9 Å². The molecule has 4 fully saturated rings. The Bertz CT molecular complexity index is 4110. The molecule has 139 heavy (non-hydrogen) atoms. The molecule has 6 unspecified atom stereocenters. The summed E-state index contributed by atoms with van der Waals surface area (Å²) in [5.41, 5.74) is -1.39. The first-order valence-electron chi connectivity index (χ1n) is 45.6. The largest absolute Gasteiger partial charge is 0.464 e. The predicted molar refractivity (Wildman–Crippen MR) is 534 cm³/mol. The second-order valence-corrected chi connectivity index (χ2v) is 41.6. The van der Waals surface area contributed by atoms with E-state index in [2.05, 4.69) is 134 Å². The molecular weight excluding hydrogens is 1790 g/mol. The molecular formula is C108H168O31. The Labute approximate surface area is 828 Å². The summed E-state index contributed by atoms with van der Waals surface area (Å²) in [6, 6.07) is 0. The molecule has 0 spiro atoms. The lowest BCUT2D eigenvalue weighted by atomic mass is 9.70. The van der Waals surface area contributed by atoms with E-state index in [4.69, 9.17) is 75.8 Å². The van der Waals surface area contributed by atoms with Crippen molar-refractivity contribution in [1.29, 1.82) is 0 Å². The van der Waals surface area contributed by atoms with E-state index in [-0.39, 0.29) is 135 Å². The van der Waals surface area contributed by atoms with Gasteiger partial charge in [0.05, 0.1) is 58.3 Å². The Morgan fingerprint density at radius 1 is 0.302 bits per heavy atom. The lowest BCUT2D eigenvalue weighted by molar-refractivity contribution is -0.166. The van der Waals surface area contributed by atoms with Gasteiger partial charge in [0.2, 0.25) is 0 Å². The van der Waals surface area contributed by atoms with Crippen LogP contribution in [0, 0.1) is 72.4 Å². The molecule has 0 aromatic rings. The maximum Gasteiger partial charge on any atom is 0.333 e. The normalized spacial score (nSPS) is 17.3. The monoisotopic (exact) mass is 1960 g/mol. The minimum absolute atomic E-state index is 0.0627.